The fourth-order valence-electron chi connectivity index (χ4n) is 2.14. The van der Waals surface area contributed by atoms with Crippen molar-refractivity contribution in [3.8, 4) is 0 Å². The Morgan fingerprint density at radius 3 is 2.45 bits per heavy atom. The molecule has 20 heavy (non-hydrogen) atoms. The van der Waals surface area contributed by atoms with E-state index in [0.717, 1.165) is 24.6 Å². The molecule has 0 aliphatic heterocycles. The van der Waals surface area contributed by atoms with Crippen molar-refractivity contribution in [2.45, 2.75) is 33.1 Å². The Kier molecular flexibility index (Phi) is 4.47. The van der Waals surface area contributed by atoms with Crippen LogP contribution in [0.1, 0.15) is 32.4 Å². The SMILES string of the molecule is CCCNc1cc(CCC)nc2cc(F)c(F)c(F)c12. The fraction of sp³-hybridized carbons (Fsp3) is 0.400. The lowest BCUT2D eigenvalue weighted by Crippen LogP contribution is -2.05. The summed E-state index contributed by atoms with van der Waals surface area (Å²) in [6.45, 7) is 4.60. The number of benzene rings is 1. The van der Waals surface area contributed by atoms with Gasteiger partial charge in [-0.25, -0.2) is 13.2 Å². The average molecular weight is 282 g/mol. The molecule has 0 aliphatic rings. The van der Waals surface area contributed by atoms with Gasteiger partial charge >= 0.3 is 0 Å². The maximum atomic E-state index is 14.0. The van der Waals surface area contributed by atoms with Gasteiger partial charge in [0.2, 0.25) is 0 Å². The van der Waals surface area contributed by atoms with Crippen LogP contribution in [0.5, 0.6) is 0 Å². The predicted octanol–water partition coefficient (Wildman–Crippen LogP) is 4.43. The molecule has 1 heterocycles. The second-order valence-corrected chi connectivity index (χ2v) is 4.72. The van der Waals surface area contributed by atoms with Crippen molar-refractivity contribution in [2.24, 2.45) is 0 Å². The van der Waals surface area contributed by atoms with Crippen LogP contribution in [0.25, 0.3) is 10.9 Å². The topological polar surface area (TPSA) is 24.9 Å². The predicted molar refractivity (Wildman–Crippen MR) is 74.4 cm³/mol. The highest BCUT2D eigenvalue weighted by Gasteiger charge is 2.18. The van der Waals surface area contributed by atoms with Crippen molar-refractivity contribution in [1.82, 2.24) is 4.98 Å². The first-order valence-corrected chi connectivity index (χ1v) is 6.79. The summed E-state index contributed by atoms with van der Waals surface area (Å²) in [5.41, 5.74) is 1.35. The Hall–Kier alpha value is -1.78. The number of hydrogen-bond acceptors (Lipinski definition) is 2. The molecule has 0 saturated heterocycles. The van der Waals surface area contributed by atoms with Gasteiger partial charge in [0, 0.05) is 24.0 Å². The summed E-state index contributed by atoms with van der Waals surface area (Å²) in [5, 5.41) is 3.07. The number of aromatic nitrogens is 1. The van der Waals surface area contributed by atoms with Gasteiger partial charge in [0.1, 0.15) is 0 Å². The molecule has 0 amide bonds. The Labute approximate surface area is 116 Å². The maximum absolute atomic E-state index is 14.0. The third-order valence-electron chi connectivity index (χ3n) is 3.06. The smallest absolute Gasteiger partial charge is 0.195 e. The van der Waals surface area contributed by atoms with Crippen LogP contribution in [0.3, 0.4) is 0 Å². The van der Waals surface area contributed by atoms with Crippen LogP contribution >= 0.6 is 0 Å². The van der Waals surface area contributed by atoms with Crippen molar-refractivity contribution in [3.05, 3.63) is 35.3 Å². The lowest BCUT2D eigenvalue weighted by Gasteiger charge is -2.12. The van der Waals surface area contributed by atoms with Crippen molar-refractivity contribution in [3.63, 3.8) is 0 Å². The summed E-state index contributed by atoms with van der Waals surface area (Å²) in [6, 6.07) is 2.66. The third kappa shape index (κ3) is 2.71. The Bertz CT molecular complexity index is 626. The summed E-state index contributed by atoms with van der Waals surface area (Å²) >= 11 is 0. The van der Waals surface area contributed by atoms with E-state index in [0.29, 0.717) is 18.7 Å². The molecule has 2 nitrogen and oxygen atoms in total. The summed E-state index contributed by atoms with van der Waals surface area (Å²) in [4.78, 5) is 4.21. The Balaban J connectivity index is 2.67. The summed E-state index contributed by atoms with van der Waals surface area (Å²) in [5.74, 6) is -3.85. The van der Waals surface area contributed by atoms with Gasteiger partial charge < -0.3 is 5.32 Å². The number of aryl methyl sites for hydroxylation is 1. The first-order chi connectivity index (χ1) is 9.58. The Morgan fingerprint density at radius 2 is 1.80 bits per heavy atom. The van der Waals surface area contributed by atoms with E-state index in [1.807, 2.05) is 13.8 Å². The number of nitrogens with one attached hydrogen (secondary N) is 1. The highest BCUT2D eigenvalue weighted by atomic mass is 19.2. The van der Waals surface area contributed by atoms with E-state index in [2.05, 4.69) is 10.3 Å². The number of rotatable bonds is 5. The van der Waals surface area contributed by atoms with E-state index >= 15 is 0 Å². The van der Waals surface area contributed by atoms with E-state index in [4.69, 9.17) is 0 Å². The van der Waals surface area contributed by atoms with Gasteiger partial charge in [0.15, 0.2) is 17.5 Å². The number of pyridine rings is 1. The fourth-order valence-corrected chi connectivity index (χ4v) is 2.14. The van der Waals surface area contributed by atoms with E-state index in [1.165, 1.54) is 0 Å². The number of anilines is 1. The lowest BCUT2D eigenvalue weighted by molar-refractivity contribution is 0.453. The molecule has 0 saturated carbocycles. The van der Waals surface area contributed by atoms with Gasteiger partial charge in [-0.1, -0.05) is 20.3 Å². The average Bonchev–Trinajstić information content (AvgIpc) is 2.42. The first kappa shape index (κ1) is 14.6. The highest BCUT2D eigenvalue weighted by Crippen LogP contribution is 2.29. The molecular formula is C15H17F3N2. The zero-order valence-electron chi connectivity index (χ0n) is 11.6. The largest absolute Gasteiger partial charge is 0.384 e. The number of nitrogens with zero attached hydrogens (tertiary/aromatic N) is 1. The normalized spacial score (nSPS) is 11.1. The van der Waals surface area contributed by atoms with Gasteiger partial charge in [-0.2, -0.15) is 0 Å². The summed E-state index contributed by atoms with van der Waals surface area (Å²) < 4.78 is 40.7. The minimum absolute atomic E-state index is 0.0113. The van der Waals surface area contributed by atoms with E-state index < -0.39 is 17.5 Å². The van der Waals surface area contributed by atoms with Gasteiger partial charge in [-0.3, -0.25) is 4.98 Å². The Morgan fingerprint density at radius 1 is 1.05 bits per heavy atom. The molecule has 0 fully saturated rings. The van der Waals surface area contributed by atoms with E-state index in [1.54, 1.807) is 6.07 Å². The van der Waals surface area contributed by atoms with Gasteiger partial charge in [-0.15, -0.1) is 0 Å². The second kappa shape index (κ2) is 6.11. The molecule has 0 unspecified atom stereocenters. The van der Waals surface area contributed by atoms with Gasteiger partial charge in [-0.05, 0) is 18.9 Å². The minimum atomic E-state index is -1.46. The molecule has 0 aliphatic carbocycles. The highest BCUT2D eigenvalue weighted by molar-refractivity contribution is 5.92. The molecule has 1 N–H and O–H groups in total. The summed E-state index contributed by atoms with van der Waals surface area (Å²) in [7, 11) is 0. The molecule has 2 aromatic rings. The zero-order chi connectivity index (χ0) is 14.7. The van der Waals surface area contributed by atoms with Crippen LogP contribution in [0.2, 0.25) is 0 Å². The minimum Gasteiger partial charge on any atom is -0.384 e. The van der Waals surface area contributed by atoms with Crippen LogP contribution in [-0.4, -0.2) is 11.5 Å². The quantitative estimate of drug-likeness (QED) is 0.821. The molecule has 0 bridgehead atoms. The molecule has 0 radical (unpaired) electrons. The number of halogens is 3. The maximum Gasteiger partial charge on any atom is 0.195 e. The van der Waals surface area contributed by atoms with Crippen LogP contribution in [-0.2, 0) is 6.42 Å². The molecular weight excluding hydrogens is 265 g/mol. The molecule has 1 aromatic heterocycles. The van der Waals surface area contributed by atoms with E-state index in [-0.39, 0.29) is 10.9 Å². The molecule has 0 spiro atoms. The standard InChI is InChI=1S/C15H17F3N2/c1-3-5-9-7-11(19-6-4-2)13-12(20-9)8-10(16)14(17)15(13)18/h7-8H,3-6H2,1-2H3,(H,19,20). The molecule has 0 atom stereocenters. The third-order valence-corrected chi connectivity index (χ3v) is 3.06. The number of hydrogen-bond donors (Lipinski definition) is 1. The van der Waals surface area contributed by atoms with Crippen molar-refractivity contribution < 1.29 is 13.2 Å². The van der Waals surface area contributed by atoms with Crippen LogP contribution in [0.4, 0.5) is 18.9 Å². The molecule has 1 aromatic carbocycles. The van der Waals surface area contributed by atoms with Gasteiger partial charge in [0.25, 0.3) is 0 Å². The van der Waals surface area contributed by atoms with E-state index in [9.17, 15) is 13.2 Å². The van der Waals surface area contributed by atoms with Crippen molar-refractivity contribution >= 4 is 16.6 Å². The van der Waals surface area contributed by atoms with Crippen LogP contribution in [0.15, 0.2) is 12.1 Å². The van der Waals surface area contributed by atoms with Gasteiger partial charge in [0.05, 0.1) is 10.9 Å². The van der Waals surface area contributed by atoms with Crippen LogP contribution < -0.4 is 5.32 Å². The van der Waals surface area contributed by atoms with Crippen LogP contribution in [0, 0.1) is 17.5 Å². The molecule has 2 rings (SSSR count). The molecule has 5 heteroatoms. The first-order valence-electron chi connectivity index (χ1n) is 6.79. The zero-order valence-corrected chi connectivity index (χ0v) is 11.6. The monoisotopic (exact) mass is 282 g/mol. The summed E-state index contributed by atoms with van der Waals surface area (Å²) in [6.07, 6.45) is 2.42. The number of fused-ring (bicyclic) bond motifs is 1. The second-order valence-electron chi connectivity index (χ2n) is 4.72. The van der Waals surface area contributed by atoms with Crippen molar-refractivity contribution in [2.75, 3.05) is 11.9 Å². The lowest BCUT2D eigenvalue weighted by atomic mass is 10.1. The van der Waals surface area contributed by atoms with Crippen molar-refractivity contribution in [1.29, 1.82) is 0 Å². The molecule has 108 valence electrons.